The standard InChI is InChI=1S/C13H15N3O3S/c1-20(18,19)16-13-5-3-2-4-12(13)15-8-10-6-7-11(17)9-14-10/h2-7,9,15-17H,8H2,1H3. The highest BCUT2D eigenvalue weighted by Gasteiger charge is 2.06. The summed E-state index contributed by atoms with van der Waals surface area (Å²) in [6.45, 7) is 0.419. The molecule has 3 N–H and O–H groups in total. The van der Waals surface area contributed by atoms with E-state index in [2.05, 4.69) is 15.0 Å². The summed E-state index contributed by atoms with van der Waals surface area (Å²) in [5.41, 5.74) is 1.87. The summed E-state index contributed by atoms with van der Waals surface area (Å²) in [4.78, 5) is 4.05. The molecule has 106 valence electrons. The molecule has 0 spiro atoms. The molecule has 0 amide bonds. The average Bonchev–Trinajstić information content (AvgIpc) is 2.38. The van der Waals surface area contributed by atoms with E-state index >= 15 is 0 Å². The minimum Gasteiger partial charge on any atom is -0.506 e. The van der Waals surface area contributed by atoms with Crippen LogP contribution < -0.4 is 10.0 Å². The third kappa shape index (κ3) is 4.13. The number of hydrogen-bond donors (Lipinski definition) is 3. The van der Waals surface area contributed by atoms with Crippen LogP contribution in [0.2, 0.25) is 0 Å². The van der Waals surface area contributed by atoms with Crippen LogP contribution in [0.25, 0.3) is 0 Å². The summed E-state index contributed by atoms with van der Waals surface area (Å²) in [5, 5.41) is 12.3. The first kappa shape index (κ1) is 14.1. The highest BCUT2D eigenvalue weighted by atomic mass is 32.2. The van der Waals surface area contributed by atoms with Crippen molar-refractivity contribution in [1.82, 2.24) is 4.98 Å². The van der Waals surface area contributed by atoms with Crippen molar-refractivity contribution >= 4 is 21.4 Å². The number of pyridine rings is 1. The first-order valence-corrected chi connectivity index (χ1v) is 7.78. The highest BCUT2D eigenvalue weighted by molar-refractivity contribution is 7.92. The van der Waals surface area contributed by atoms with Crippen molar-refractivity contribution in [3.63, 3.8) is 0 Å². The van der Waals surface area contributed by atoms with E-state index in [1.165, 1.54) is 6.20 Å². The van der Waals surface area contributed by atoms with Crippen molar-refractivity contribution < 1.29 is 13.5 Å². The molecule has 0 saturated heterocycles. The zero-order valence-corrected chi connectivity index (χ0v) is 11.7. The van der Waals surface area contributed by atoms with Gasteiger partial charge in [0.25, 0.3) is 0 Å². The quantitative estimate of drug-likeness (QED) is 0.781. The molecule has 2 aromatic rings. The van der Waals surface area contributed by atoms with Gasteiger partial charge < -0.3 is 10.4 Å². The number of anilines is 2. The Labute approximate surface area is 117 Å². The smallest absolute Gasteiger partial charge is 0.229 e. The van der Waals surface area contributed by atoms with Crippen molar-refractivity contribution in [2.45, 2.75) is 6.54 Å². The van der Waals surface area contributed by atoms with E-state index in [-0.39, 0.29) is 5.75 Å². The van der Waals surface area contributed by atoms with E-state index in [0.717, 1.165) is 11.9 Å². The van der Waals surface area contributed by atoms with Crippen LogP contribution in [-0.2, 0) is 16.6 Å². The fraction of sp³-hybridized carbons (Fsp3) is 0.154. The summed E-state index contributed by atoms with van der Waals surface area (Å²) in [6.07, 6.45) is 2.46. The molecule has 1 aromatic heterocycles. The second-order valence-electron chi connectivity index (χ2n) is 4.28. The minimum atomic E-state index is -3.33. The molecule has 0 fully saturated rings. The topological polar surface area (TPSA) is 91.3 Å². The number of nitrogens with zero attached hydrogens (tertiary/aromatic N) is 1. The van der Waals surface area contributed by atoms with E-state index < -0.39 is 10.0 Å². The number of rotatable bonds is 5. The summed E-state index contributed by atoms with van der Waals surface area (Å²) >= 11 is 0. The molecule has 0 aliphatic heterocycles. The predicted molar refractivity (Wildman–Crippen MR) is 78.1 cm³/mol. The highest BCUT2D eigenvalue weighted by Crippen LogP contribution is 2.22. The van der Waals surface area contributed by atoms with Gasteiger partial charge in [0.15, 0.2) is 0 Å². The third-order valence-corrected chi connectivity index (χ3v) is 3.08. The summed E-state index contributed by atoms with van der Waals surface area (Å²) in [5.74, 6) is 0.105. The third-order valence-electron chi connectivity index (χ3n) is 2.49. The van der Waals surface area contributed by atoms with Gasteiger partial charge >= 0.3 is 0 Å². The summed E-state index contributed by atoms with van der Waals surface area (Å²) in [7, 11) is -3.33. The van der Waals surface area contributed by atoms with Gasteiger partial charge in [-0.3, -0.25) is 9.71 Å². The van der Waals surface area contributed by atoms with Crippen LogP contribution >= 0.6 is 0 Å². The molecule has 1 heterocycles. The number of benzene rings is 1. The predicted octanol–water partition coefficient (Wildman–Crippen LogP) is 1.77. The number of nitrogens with one attached hydrogen (secondary N) is 2. The van der Waals surface area contributed by atoms with Gasteiger partial charge in [-0.2, -0.15) is 0 Å². The Morgan fingerprint density at radius 2 is 1.85 bits per heavy atom. The summed E-state index contributed by atoms with van der Waals surface area (Å²) in [6, 6.07) is 10.2. The molecule has 0 bridgehead atoms. The molecule has 0 unspecified atom stereocenters. The Bertz CT molecular complexity index is 684. The van der Waals surface area contributed by atoms with E-state index in [1.54, 1.807) is 36.4 Å². The number of para-hydroxylation sites is 2. The first-order valence-electron chi connectivity index (χ1n) is 5.88. The minimum absolute atomic E-state index is 0.105. The molecule has 6 nitrogen and oxygen atoms in total. The van der Waals surface area contributed by atoms with Crippen LogP contribution in [-0.4, -0.2) is 24.8 Å². The van der Waals surface area contributed by atoms with Gasteiger partial charge in [-0.05, 0) is 24.3 Å². The van der Waals surface area contributed by atoms with Crippen molar-refractivity contribution in [2.24, 2.45) is 0 Å². The second-order valence-corrected chi connectivity index (χ2v) is 6.03. The molecule has 20 heavy (non-hydrogen) atoms. The maximum atomic E-state index is 11.3. The van der Waals surface area contributed by atoms with Crippen LogP contribution in [0.3, 0.4) is 0 Å². The van der Waals surface area contributed by atoms with Crippen LogP contribution in [0.1, 0.15) is 5.69 Å². The van der Waals surface area contributed by atoms with Gasteiger partial charge in [0.05, 0.1) is 36.1 Å². The number of hydrogen-bond acceptors (Lipinski definition) is 5. The van der Waals surface area contributed by atoms with Gasteiger partial charge in [0.1, 0.15) is 5.75 Å². The van der Waals surface area contributed by atoms with E-state index in [1.807, 2.05) is 0 Å². The normalized spacial score (nSPS) is 11.1. The van der Waals surface area contributed by atoms with E-state index in [9.17, 15) is 8.42 Å². The lowest BCUT2D eigenvalue weighted by Gasteiger charge is -2.12. The lowest BCUT2D eigenvalue weighted by molar-refractivity contribution is 0.472. The maximum Gasteiger partial charge on any atom is 0.229 e. The fourth-order valence-corrected chi connectivity index (χ4v) is 2.21. The second kappa shape index (κ2) is 5.79. The Hall–Kier alpha value is -2.28. The lowest BCUT2D eigenvalue weighted by atomic mass is 10.2. The van der Waals surface area contributed by atoms with Crippen molar-refractivity contribution in [2.75, 3.05) is 16.3 Å². The Morgan fingerprint density at radius 3 is 2.45 bits per heavy atom. The molecule has 2 rings (SSSR count). The molecule has 7 heteroatoms. The summed E-state index contributed by atoms with van der Waals surface area (Å²) < 4.78 is 25.0. The van der Waals surface area contributed by atoms with Crippen molar-refractivity contribution in [1.29, 1.82) is 0 Å². The average molecular weight is 293 g/mol. The molecule has 0 atom stereocenters. The van der Waals surface area contributed by atoms with Crippen LogP contribution in [0, 0.1) is 0 Å². The van der Waals surface area contributed by atoms with E-state index in [0.29, 0.717) is 17.9 Å². The zero-order valence-electron chi connectivity index (χ0n) is 10.9. The Kier molecular flexibility index (Phi) is 4.09. The van der Waals surface area contributed by atoms with Crippen LogP contribution in [0.15, 0.2) is 42.6 Å². The lowest BCUT2D eigenvalue weighted by Crippen LogP contribution is -2.12. The van der Waals surface area contributed by atoms with Crippen molar-refractivity contribution in [3.8, 4) is 5.75 Å². The number of sulfonamides is 1. The van der Waals surface area contributed by atoms with Gasteiger partial charge in [0.2, 0.25) is 10.0 Å². The first-order chi connectivity index (χ1) is 9.44. The van der Waals surface area contributed by atoms with Gasteiger partial charge in [0, 0.05) is 0 Å². The van der Waals surface area contributed by atoms with Gasteiger partial charge in [-0.25, -0.2) is 8.42 Å². The maximum absolute atomic E-state index is 11.3. The molecular formula is C13H15N3O3S. The molecule has 0 aliphatic carbocycles. The van der Waals surface area contributed by atoms with Gasteiger partial charge in [-0.15, -0.1) is 0 Å². The molecular weight excluding hydrogens is 278 g/mol. The number of aromatic hydroxyl groups is 1. The van der Waals surface area contributed by atoms with Gasteiger partial charge in [-0.1, -0.05) is 12.1 Å². The zero-order chi connectivity index (χ0) is 14.6. The monoisotopic (exact) mass is 293 g/mol. The molecule has 0 radical (unpaired) electrons. The fourth-order valence-electron chi connectivity index (χ4n) is 1.63. The Morgan fingerprint density at radius 1 is 1.15 bits per heavy atom. The SMILES string of the molecule is CS(=O)(=O)Nc1ccccc1NCc1ccc(O)cn1. The van der Waals surface area contributed by atoms with Crippen LogP contribution in [0.4, 0.5) is 11.4 Å². The molecule has 0 aliphatic rings. The Balaban J connectivity index is 2.11. The van der Waals surface area contributed by atoms with Crippen molar-refractivity contribution in [3.05, 3.63) is 48.3 Å². The molecule has 0 saturated carbocycles. The largest absolute Gasteiger partial charge is 0.506 e. The molecule has 1 aromatic carbocycles. The van der Waals surface area contributed by atoms with Crippen LogP contribution in [0.5, 0.6) is 5.75 Å². The number of aromatic nitrogens is 1. The van der Waals surface area contributed by atoms with E-state index in [4.69, 9.17) is 5.11 Å².